The van der Waals surface area contributed by atoms with Crippen LogP contribution in [0.1, 0.15) is 77.1 Å². The van der Waals surface area contributed by atoms with Crippen LogP contribution < -0.4 is 18.9 Å². The number of carbonyl (C=O) groups excluding carboxylic acids is 3. The second kappa shape index (κ2) is 24.8. The Morgan fingerprint density at radius 1 is 0.468 bits per heavy atom. The van der Waals surface area contributed by atoms with E-state index in [-0.39, 0.29) is 69.3 Å². The van der Waals surface area contributed by atoms with Gasteiger partial charge < -0.3 is 54.0 Å². The van der Waals surface area contributed by atoms with Gasteiger partial charge >= 0.3 is 11.9 Å². The van der Waals surface area contributed by atoms with Crippen LogP contribution in [0.25, 0.3) is 0 Å². The summed E-state index contributed by atoms with van der Waals surface area (Å²) in [6.07, 6.45) is -3.21. The number of Topliss-reactive ketones (excluding diaryl/α,β-unsaturated/α-hetero) is 1. The highest BCUT2D eigenvalue weighted by molar-refractivity contribution is 5.75. The minimum Gasteiger partial charge on any atom is -0.491 e. The summed E-state index contributed by atoms with van der Waals surface area (Å²) in [5, 5.41) is 47.0. The summed E-state index contributed by atoms with van der Waals surface area (Å²) in [6, 6.07) is 30.5. The number of rotatable bonds is 23. The van der Waals surface area contributed by atoms with Crippen molar-refractivity contribution < 1.29 is 68.3 Å². The lowest BCUT2D eigenvalue weighted by Gasteiger charge is -2.26. The maximum absolute atomic E-state index is 11.0. The van der Waals surface area contributed by atoms with Crippen LogP contribution in [0.3, 0.4) is 0 Å². The molecule has 0 spiro atoms. The number of hydrogen-bond acceptors (Lipinski definition) is 14. The van der Waals surface area contributed by atoms with Crippen molar-refractivity contribution in [1.29, 1.82) is 0 Å². The van der Waals surface area contributed by atoms with E-state index in [0.29, 0.717) is 23.0 Å². The SMILES string of the molecule is CC(=O)CC(O)COc1ccc(C(C)(C)c2ccc(OCC(O)CO)cc2)cc1.CC(=O)OCC(O)COc1ccc(C(C)(C)c2ccc(OCC(CO)OC(C)=O)cc2)cc1. The van der Waals surface area contributed by atoms with E-state index in [0.717, 1.165) is 22.3 Å². The first-order valence-corrected chi connectivity index (χ1v) is 20.3. The van der Waals surface area contributed by atoms with Crippen molar-refractivity contribution >= 4 is 17.7 Å². The number of ether oxygens (including phenoxy) is 6. The number of ketones is 1. The Bertz CT molecular complexity index is 1940. The lowest BCUT2D eigenvalue weighted by molar-refractivity contribution is -0.150. The molecule has 0 heterocycles. The van der Waals surface area contributed by atoms with E-state index in [2.05, 4.69) is 27.7 Å². The molecule has 4 rings (SSSR count). The second-order valence-electron chi connectivity index (χ2n) is 15.9. The van der Waals surface area contributed by atoms with Crippen molar-refractivity contribution in [2.45, 2.75) is 90.1 Å². The molecule has 0 aliphatic rings. The summed E-state index contributed by atoms with van der Waals surface area (Å²) in [5.41, 5.74) is 3.78. The Morgan fingerprint density at radius 2 is 0.806 bits per heavy atom. The minimum atomic E-state index is -0.896. The maximum Gasteiger partial charge on any atom is 0.303 e. The molecule has 62 heavy (non-hydrogen) atoms. The molecular weight excluding hydrogens is 801 g/mol. The molecule has 5 N–H and O–H groups in total. The normalized spacial score (nSPS) is 13.3. The zero-order valence-corrected chi connectivity index (χ0v) is 36.6. The molecule has 0 aromatic heterocycles. The van der Waals surface area contributed by atoms with Crippen molar-refractivity contribution in [3.05, 3.63) is 119 Å². The van der Waals surface area contributed by atoms with E-state index < -0.39 is 36.4 Å². The molecule has 14 nitrogen and oxygen atoms in total. The Labute approximate surface area is 364 Å². The smallest absolute Gasteiger partial charge is 0.303 e. The lowest BCUT2D eigenvalue weighted by atomic mass is 9.78. The minimum absolute atomic E-state index is 0.0199. The fourth-order valence-corrected chi connectivity index (χ4v) is 6.03. The van der Waals surface area contributed by atoms with Crippen molar-refractivity contribution in [2.75, 3.05) is 46.2 Å². The molecule has 0 saturated heterocycles. The molecule has 4 atom stereocenters. The highest BCUT2D eigenvalue weighted by Gasteiger charge is 2.25. The number of carbonyl (C=O) groups is 3. The van der Waals surface area contributed by atoms with Gasteiger partial charge in [-0.2, -0.15) is 0 Å². The predicted molar refractivity (Wildman–Crippen MR) is 232 cm³/mol. The van der Waals surface area contributed by atoms with Crippen LogP contribution >= 0.6 is 0 Å². The number of aliphatic hydroxyl groups excluding tert-OH is 5. The Morgan fingerprint density at radius 3 is 1.11 bits per heavy atom. The number of benzene rings is 4. The van der Waals surface area contributed by atoms with Gasteiger partial charge in [-0.15, -0.1) is 0 Å². The Balaban J connectivity index is 0.000000333. The molecule has 338 valence electrons. The molecule has 0 aliphatic heterocycles. The molecule has 4 aromatic carbocycles. The van der Waals surface area contributed by atoms with Gasteiger partial charge in [-0.3, -0.25) is 14.4 Å². The Hall–Kier alpha value is -5.51. The molecule has 0 saturated carbocycles. The molecule has 0 bridgehead atoms. The highest BCUT2D eigenvalue weighted by atomic mass is 16.6. The van der Waals surface area contributed by atoms with Crippen molar-refractivity contribution in [3.63, 3.8) is 0 Å². The van der Waals surface area contributed by atoms with E-state index in [1.165, 1.54) is 20.8 Å². The topological polar surface area (TPSA) is 208 Å². The van der Waals surface area contributed by atoms with Crippen LogP contribution in [-0.2, 0) is 34.7 Å². The van der Waals surface area contributed by atoms with E-state index in [9.17, 15) is 34.8 Å². The quantitative estimate of drug-likeness (QED) is 0.0617. The summed E-state index contributed by atoms with van der Waals surface area (Å²) in [4.78, 5) is 32.8. The first-order valence-electron chi connectivity index (χ1n) is 20.3. The van der Waals surface area contributed by atoms with Crippen molar-refractivity contribution in [1.82, 2.24) is 0 Å². The summed E-state index contributed by atoms with van der Waals surface area (Å²) in [7, 11) is 0. The van der Waals surface area contributed by atoms with Gasteiger partial charge in [-0.1, -0.05) is 76.2 Å². The number of esters is 2. The summed E-state index contributed by atoms with van der Waals surface area (Å²) in [6.45, 7) is 11.9. The molecule has 0 fully saturated rings. The second-order valence-corrected chi connectivity index (χ2v) is 15.9. The first-order chi connectivity index (χ1) is 29.3. The van der Waals surface area contributed by atoms with Gasteiger partial charge in [0.1, 0.15) is 74.0 Å². The van der Waals surface area contributed by atoms with Crippen LogP contribution in [0.4, 0.5) is 0 Å². The predicted octanol–water partition coefficient (Wildman–Crippen LogP) is 5.08. The third-order valence-electron chi connectivity index (χ3n) is 9.82. The van der Waals surface area contributed by atoms with Crippen molar-refractivity contribution in [2.24, 2.45) is 0 Å². The lowest BCUT2D eigenvalue weighted by Crippen LogP contribution is -2.27. The molecule has 14 heteroatoms. The molecule has 4 unspecified atom stereocenters. The number of aliphatic hydroxyl groups is 5. The van der Waals surface area contributed by atoms with Crippen LogP contribution in [0.15, 0.2) is 97.1 Å². The maximum atomic E-state index is 11.0. The third kappa shape index (κ3) is 17.1. The van der Waals surface area contributed by atoms with Crippen LogP contribution in [0.2, 0.25) is 0 Å². The monoisotopic (exact) mass is 862 g/mol. The molecule has 0 aliphatic carbocycles. The van der Waals surface area contributed by atoms with E-state index in [4.69, 9.17) is 33.5 Å². The van der Waals surface area contributed by atoms with Crippen LogP contribution in [-0.4, -0.2) is 114 Å². The third-order valence-corrected chi connectivity index (χ3v) is 9.82. The van der Waals surface area contributed by atoms with E-state index in [1.807, 2.05) is 97.1 Å². The largest absolute Gasteiger partial charge is 0.491 e. The van der Waals surface area contributed by atoms with Gasteiger partial charge in [0.25, 0.3) is 0 Å². The van der Waals surface area contributed by atoms with Crippen molar-refractivity contribution in [3.8, 4) is 23.0 Å². The van der Waals surface area contributed by atoms with Gasteiger partial charge in [0.2, 0.25) is 0 Å². The summed E-state index contributed by atoms with van der Waals surface area (Å²) >= 11 is 0. The molecule has 0 amide bonds. The fraction of sp³-hybridized carbons (Fsp3) is 0.438. The average molecular weight is 863 g/mol. The average Bonchev–Trinajstić information content (AvgIpc) is 3.25. The van der Waals surface area contributed by atoms with E-state index in [1.54, 1.807) is 0 Å². The zero-order chi connectivity index (χ0) is 45.9. The fourth-order valence-electron chi connectivity index (χ4n) is 6.03. The molecule has 4 aromatic rings. The van der Waals surface area contributed by atoms with Gasteiger partial charge in [-0.05, 0) is 77.7 Å². The molecule has 0 radical (unpaired) electrons. The van der Waals surface area contributed by atoms with Crippen LogP contribution in [0, 0.1) is 0 Å². The summed E-state index contributed by atoms with van der Waals surface area (Å²) < 4.78 is 31.9. The van der Waals surface area contributed by atoms with Gasteiger partial charge in [0.15, 0.2) is 6.10 Å². The zero-order valence-electron chi connectivity index (χ0n) is 36.6. The van der Waals surface area contributed by atoms with E-state index >= 15 is 0 Å². The first kappa shape index (κ1) is 50.8. The van der Waals surface area contributed by atoms with Crippen LogP contribution in [0.5, 0.6) is 23.0 Å². The number of hydrogen-bond donors (Lipinski definition) is 5. The van der Waals surface area contributed by atoms with Gasteiger partial charge in [-0.25, -0.2) is 0 Å². The van der Waals surface area contributed by atoms with Gasteiger partial charge in [0, 0.05) is 31.1 Å². The summed E-state index contributed by atoms with van der Waals surface area (Å²) in [5.74, 6) is 1.49. The standard InChI is InChI=1S/C25H32O8.C23H30O6/c1-17(27)30-14-21(29)15-31-22-9-5-19(6-10-22)25(3,4)20-7-11-23(12-8-20)32-16-24(13-26)33-18(2)28;1-16(25)12-19(26)14-28-21-8-4-17(5-9-21)23(2,3)18-6-10-22(11-7-18)29-15-20(27)13-24/h5-12,21,24,26,29H,13-16H2,1-4H3;4-11,19-20,24,26-27H,12-15H2,1-3H3. The Kier molecular flexibility index (Phi) is 20.3. The highest BCUT2D eigenvalue weighted by Crippen LogP contribution is 2.35. The van der Waals surface area contributed by atoms with Gasteiger partial charge in [0.05, 0.1) is 19.3 Å². The molecular formula is C48H62O14.